The van der Waals surface area contributed by atoms with E-state index in [1.165, 1.54) is 16.8 Å². The van der Waals surface area contributed by atoms with E-state index in [1.54, 1.807) is 7.11 Å². The van der Waals surface area contributed by atoms with Crippen molar-refractivity contribution in [2.45, 2.75) is 39.2 Å². The van der Waals surface area contributed by atoms with Crippen LogP contribution in [0.4, 0.5) is 0 Å². The molecule has 0 spiro atoms. The molecule has 0 aromatic heterocycles. The molecule has 2 aliphatic heterocycles. The molecule has 27 heavy (non-hydrogen) atoms. The summed E-state index contributed by atoms with van der Waals surface area (Å²) in [5.41, 5.74) is 4.05. The molecule has 2 heterocycles. The van der Waals surface area contributed by atoms with Crippen molar-refractivity contribution in [2.24, 2.45) is 5.92 Å². The van der Waals surface area contributed by atoms with Gasteiger partial charge in [0.2, 0.25) is 0 Å². The van der Waals surface area contributed by atoms with Gasteiger partial charge in [0.05, 0.1) is 13.7 Å². The van der Waals surface area contributed by atoms with Crippen LogP contribution in [0.3, 0.4) is 0 Å². The maximum atomic E-state index is 12.1. The Kier molecular flexibility index (Phi) is 7.19. The minimum absolute atomic E-state index is 0.0106. The first-order valence-corrected chi connectivity index (χ1v) is 10.1. The fourth-order valence-electron chi connectivity index (χ4n) is 3.76. The third-order valence-corrected chi connectivity index (χ3v) is 4.95. The normalized spacial score (nSPS) is 22.0. The van der Waals surface area contributed by atoms with Crippen molar-refractivity contribution in [2.75, 3.05) is 20.3 Å². The summed E-state index contributed by atoms with van der Waals surface area (Å²) >= 11 is 0. The molecule has 3 N–H and O–H groups in total. The third-order valence-electron chi connectivity index (χ3n) is 4.95. The number of nitrogens with zero attached hydrogens (tertiary/aromatic N) is 1. The van der Waals surface area contributed by atoms with Gasteiger partial charge in [0.1, 0.15) is 18.2 Å². The van der Waals surface area contributed by atoms with Crippen LogP contribution in [-0.4, -0.2) is 56.5 Å². The Morgan fingerprint density at radius 1 is 1.33 bits per heavy atom. The van der Waals surface area contributed by atoms with E-state index in [2.05, 4.69) is 23.6 Å². The van der Waals surface area contributed by atoms with Gasteiger partial charge in [-0.1, -0.05) is 0 Å². The first kappa shape index (κ1) is 21.6. The van der Waals surface area contributed by atoms with Gasteiger partial charge in [-0.2, -0.15) is 0 Å². The van der Waals surface area contributed by atoms with Crippen LogP contribution in [0.2, 0.25) is 0 Å². The third kappa shape index (κ3) is 5.63. The minimum atomic E-state index is -4.19. The van der Waals surface area contributed by atoms with Gasteiger partial charge in [0, 0.05) is 18.4 Å². The molecular formula is C18H27ClNO7+. The summed E-state index contributed by atoms with van der Waals surface area (Å²) in [4.78, 5) is 12.1. The van der Waals surface area contributed by atoms with E-state index in [0.29, 0.717) is 6.61 Å². The van der Waals surface area contributed by atoms with E-state index in [0.717, 1.165) is 31.6 Å². The molecule has 0 bridgehead atoms. The van der Waals surface area contributed by atoms with Gasteiger partial charge in [-0.15, -0.1) is 0 Å². The number of ether oxygens (including phenoxy) is 2. The van der Waals surface area contributed by atoms with Gasteiger partial charge in [0.15, 0.2) is 11.8 Å². The molecule has 3 rings (SSSR count). The second-order valence-electron chi connectivity index (χ2n) is 6.48. The van der Waals surface area contributed by atoms with Crippen molar-refractivity contribution in [3.05, 3.63) is 29.3 Å². The van der Waals surface area contributed by atoms with Crippen LogP contribution in [0.1, 0.15) is 37.8 Å². The Balaban J connectivity index is 0.000000465. The Bertz CT molecular complexity index is 708. The number of rotatable bonds is 3. The van der Waals surface area contributed by atoms with Crippen molar-refractivity contribution < 1.29 is 47.7 Å². The first-order chi connectivity index (χ1) is 12.7. The van der Waals surface area contributed by atoms with Crippen molar-refractivity contribution >= 4 is 11.7 Å². The Morgan fingerprint density at radius 3 is 2.59 bits per heavy atom. The molecule has 0 aliphatic carbocycles. The van der Waals surface area contributed by atoms with Gasteiger partial charge in [0.25, 0.3) is 0 Å². The zero-order chi connectivity index (χ0) is 20.2. The molecule has 2 aliphatic rings. The van der Waals surface area contributed by atoms with Crippen molar-refractivity contribution in [3.63, 3.8) is 0 Å². The number of hydrogen-bond acceptors (Lipinski definition) is 7. The van der Waals surface area contributed by atoms with E-state index in [1.807, 2.05) is 13.0 Å². The molecule has 1 aromatic rings. The second-order valence-corrected chi connectivity index (χ2v) is 7.35. The molecule has 8 nitrogen and oxygen atoms in total. The molecule has 1 aromatic carbocycles. The van der Waals surface area contributed by atoms with E-state index in [4.69, 9.17) is 28.1 Å². The Hall–Kier alpha value is -1.71. The molecule has 9 heteroatoms. The van der Waals surface area contributed by atoms with E-state index in [9.17, 15) is 4.79 Å². The number of hydrogen-bond donors (Lipinski definition) is 3. The van der Waals surface area contributed by atoms with Crippen LogP contribution in [0.5, 0.6) is 5.75 Å². The molecule has 0 saturated carbocycles. The van der Waals surface area contributed by atoms with Crippen molar-refractivity contribution in [1.82, 2.24) is 0 Å². The Morgan fingerprint density at radius 2 is 2.00 bits per heavy atom. The second kappa shape index (κ2) is 8.99. The SMILES string of the molecule is CCOC(=O)C1CCC2=[N+](CCc3cc(OC)ccc32)C1C.[O-][Cl+](O)(O)O. The zero-order valence-electron chi connectivity index (χ0n) is 15.7. The molecule has 152 valence electrons. The quantitative estimate of drug-likeness (QED) is 0.461. The van der Waals surface area contributed by atoms with Crippen LogP contribution >= 0.6 is 0 Å². The number of carbonyl (C=O) groups excluding carboxylic acids is 1. The summed E-state index contributed by atoms with van der Waals surface area (Å²) in [5.74, 6) is 0.860. The standard InChI is InChI=1S/C18H24NO3.ClH3O4/c1-4-22-18(20)15-7-8-17-16-6-5-14(21-3)11-13(16)9-10-19(17)12(15)2;2-1(3,4)5/h5-6,11-12,15H,4,7-10H2,1-3H3;2-4H/q+1;. The number of benzene rings is 1. The summed E-state index contributed by atoms with van der Waals surface area (Å²) in [6, 6.07) is 6.53. The van der Waals surface area contributed by atoms with Crippen LogP contribution < -0.4 is 9.40 Å². The monoisotopic (exact) mass is 404 g/mol. The van der Waals surface area contributed by atoms with Gasteiger partial charge in [-0.05, 0) is 44.0 Å². The summed E-state index contributed by atoms with van der Waals surface area (Å²) in [6.07, 6.45) is 2.81. The number of methoxy groups -OCH3 is 1. The number of esters is 1. The molecule has 0 saturated heterocycles. The molecule has 2 atom stereocenters. The summed E-state index contributed by atoms with van der Waals surface area (Å²) in [7, 11) is -2.49. The molecular weight excluding hydrogens is 378 g/mol. The number of carbonyl (C=O) groups is 1. The predicted octanol–water partition coefficient (Wildman–Crippen LogP) is -0.445. The predicted molar refractivity (Wildman–Crippen MR) is 91.4 cm³/mol. The average molecular weight is 405 g/mol. The first-order valence-electron chi connectivity index (χ1n) is 8.78. The molecule has 0 radical (unpaired) electrons. The zero-order valence-corrected chi connectivity index (χ0v) is 16.5. The van der Waals surface area contributed by atoms with E-state index < -0.39 is 10.2 Å². The number of fused-ring (bicyclic) bond motifs is 2. The fraction of sp³-hybridized carbons (Fsp3) is 0.556. The van der Waals surface area contributed by atoms with Gasteiger partial charge in [-0.3, -0.25) is 4.79 Å². The maximum absolute atomic E-state index is 12.1. The van der Waals surface area contributed by atoms with Crippen LogP contribution in [0, 0.1) is 16.2 Å². The van der Waals surface area contributed by atoms with Crippen LogP contribution in [0.25, 0.3) is 0 Å². The van der Waals surface area contributed by atoms with Crippen LogP contribution in [0.15, 0.2) is 18.2 Å². The van der Waals surface area contributed by atoms with Gasteiger partial charge < -0.3 is 9.47 Å². The summed E-state index contributed by atoms with van der Waals surface area (Å²) in [6.45, 7) is 5.44. The van der Waals surface area contributed by atoms with Crippen molar-refractivity contribution in [3.8, 4) is 5.75 Å². The van der Waals surface area contributed by atoms with Gasteiger partial charge in [-0.25, -0.2) is 4.58 Å². The Labute approximate surface area is 160 Å². The average Bonchev–Trinajstić information content (AvgIpc) is 2.60. The molecule has 0 fully saturated rings. The van der Waals surface area contributed by atoms with Crippen molar-refractivity contribution in [1.29, 1.82) is 0 Å². The van der Waals surface area contributed by atoms with E-state index >= 15 is 0 Å². The summed E-state index contributed by atoms with van der Waals surface area (Å²) < 4.78 is 43.2. The number of halogens is 1. The molecule has 0 amide bonds. The summed E-state index contributed by atoms with van der Waals surface area (Å²) in [5, 5.41) is 0. The fourth-order valence-corrected chi connectivity index (χ4v) is 3.76. The van der Waals surface area contributed by atoms with Gasteiger partial charge >= 0.3 is 34.8 Å². The van der Waals surface area contributed by atoms with Crippen LogP contribution in [-0.2, 0) is 16.0 Å². The van der Waals surface area contributed by atoms with E-state index in [-0.39, 0.29) is 17.9 Å². The topological polar surface area (TPSA) is 122 Å². The molecule has 2 unspecified atom stereocenters.